The first-order valence-corrected chi connectivity index (χ1v) is 10.8. The smallest absolute Gasteiger partial charge is 0.330 e. The predicted molar refractivity (Wildman–Crippen MR) is 114 cm³/mol. The molecule has 2 bridgehead atoms. The summed E-state index contributed by atoms with van der Waals surface area (Å²) < 4.78 is 5.21. The van der Waals surface area contributed by atoms with Gasteiger partial charge in [0.05, 0.1) is 11.8 Å². The summed E-state index contributed by atoms with van der Waals surface area (Å²) in [6.07, 6.45) is 4.83. The number of esters is 1. The molecule has 31 heavy (non-hydrogen) atoms. The quantitative estimate of drug-likeness (QED) is 0.413. The van der Waals surface area contributed by atoms with Crippen LogP contribution in [0.5, 0.6) is 0 Å². The molecule has 1 aliphatic heterocycles. The van der Waals surface area contributed by atoms with Crippen molar-refractivity contribution in [2.75, 3.05) is 11.9 Å². The number of aryl methyl sites for hydroxylation is 1. The van der Waals surface area contributed by atoms with Crippen LogP contribution in [0.15, 0.2) is 30.4 Å². The SMILES string of the molecule is Cc1ccc(NC(=O)COC(=O)[C@H](C(C)C)N2C(=O)[C@@H]3[C@@H](C2=O)[C@H]2C=C[C@H]3C2)cc1Cl. The van der Waals surface area contributed by atoms with E-state index in [0.717, 1.165) is 16.9 Å². The molecule has 0 radical (unpaired) electrons. The van der Waals surface area contributed by atoms with E-state index in [1.165, 1.54) is 0 Å². The summed E-state index contributed by atoms with van der Waals surface area (Å²) >= 11 is 6.06. The predicted octanol–water partition coefficient (Wildman–Crippen LogP) is 2.96. The van der Waals surface area contributed by atoms with E-state index < -0.39 is 24.5 Å². The van der Waals surface area contributed by atoms with E-state index in [1.54, 1.807) is 32.0 Å². The molecule has 3 amide bonds. The van der Waals surface area contributed by atoms with Gasteiger partial charge in [-0.1, -0.05) is 43.7 Å². The minimum atomic E-state index is -1.05. The molecule has 0 aromatic heterocycles. The number of carbonyl (C=O) groups is 4. The number of hydrogen-bond donors (Lipinski definition) is 1. The number of fused-ring (bicyclic) bond motifs is 5. The summed E-state index contributed by atoms with van der Waals surface area (Å²) in [5.74, 6) is -2.88. The van der Waals surface area contributed by atoms with Gasteiger partial charge in [-0.25, -0.2) is 4.79 Å². The minimum absolute atomic E-state index is 0.0624. The third-order valence-electron chi connectivity index (χ3n) is 6.46. The maximum absolute atomic E-state index is 13.0. The first kappa shape index (κ1) is 21.6. The number of ether oxygens (including phenoxy) is 1. The van der Waals surface area contributed by atoms with Gasteiger partial charge >= 0.3 is 5.97 Å². The second-order valence-electron chi connectivity index (χ2n) is 8.86. The highest BCUT2D eigenvalue weighted by Gasteiger charge is 2.61. The maximum atomic E-state index is 13.0. The van der Waals surface area contributed by atoms with Crippen molar-refractivity contribution in [2.24, 2.45) is 29.6 Å². The Morgan fingerprint density at radius 1 is 1.16 bits per heavy atom. The van der Waals surface area contributed by atoms with E-state index in [9.17, 15) is 19.2 Å². The van der Waals surface area contributed by atoms with Gasteiger partial charge in [-0.05, 0) is 48.8 Å². The largest absolute Gasteiger partial charge is 0.454 e. The van der Waals surface area contributed by atoms with Crippen molar-refractivity contribution < 1.29 is 23.9 Å². The van der Waals surface area contributed by atoms with Crippen molar-refractivity contribution in [3.05, 3.63) is 40.9 Å². The molecule has 0 unspecified atom stereocenters. The molecular formula is C23H25ClN2O5. The fourth-order valence-electron chi connectivity index (χ4n) is 4.97. The molecule has 1 heterocycles. The van der Waals surface area contributed by atoms with Gasteiger partial charge in [0.15, 0.2) is 6.61 Å². The number of likely N-dealkylation sites (tertiary alicyclic amines) is 1. The highest BCUT2D eigenvalue weighted by Crippen LogP contribution is 2.53. The highest BCUT2D eigenvalue weighted by molar-refractivity contribution is 6.31. The van der Waals surface area contributed by atoms with Gasteiger partial charge in [0, 0.05) is 10.7 Å². The molecule has 8 heteroatoms. The summed E-state index contributed by atoms with van der Waals surface area (Å²) in [5, 5.41) is 3.13. The van der Waals surface area contributed by atoms with Gasteiger partial charge in [0.1, 0.15) is 6.04 Å². The monoisotopic (exact) mass is 444 g/mol. The summed E-state index contributed by atoms with van der Waals surface area (Å²) in [4.78, 5) is 52.2. The molecule has 1 saturated heterocycles. The lowest BCUT2D eigenvalue weighted by atomic mass is 9.85. The normalized spacial score (nSPS) is 27.1. The van der Waals surface area contributed by atoms with Crippen LogP contribution < -0.4 is 5.32 Å². The van der Waals surface area contributed by atoms with E-state index in [-0.39, 0.29) is 41.4 Å². The van der Waals surface area contributed by atoms with Crippen LogP contribution in [0.3, 0.4) is 0 Å². The van der Waals surface area contributed by atoms with Gasteiger partial charge in [0.2, 0.25) is 11.8 Å². The van der Waals surface area contributed by atoms with Crippen LogP contribution in [0.1, 0.15) is 25.8 Å². The van der Waals surface area contributed by atoms with Crippen molar-refractivity contribution in [1.29, 1.82) is 0 Å². The van der Waals surface area contributed by atoms with E-state index in [2.05, 4.69) is 5.32 Å². The van der Waals surface area contributed by atoms with E-state index in [1.807, 2.05) is 19.1 Å². The van der Waals surface area contributed by atoms with Crippen molar-refractivity contribution in [2.45, 2.75) is 33.2 Å². The molecule has 1 aromatic rings. The average Bonchev–Trinajstić information content (AvgIpc) is 3.39. The summed E-state index contributed by atoms with van der Waals surface area (Å²) in [6.45, 7) is 4.82. The van der Waals surface area contributed by atoms with Gasteiger partial charge in [-0.2, -0.15) is 0 Å². The third-order valence-corrected chi connectivity index (χ3v) is 6.86. The second kappa shape index (κ2) is 8.11. The third kappa shape index (κ3) is 3.76. The number of halogens is 1. The number of allylic oxidation sites excluding steroid dienone is 2. The Labute approximate surface area is 185 Å². The number of carbonyl (C=O) groups excluding carboxylic acids is 4. The topological polar surface area (TPSA) is 92.8 Å². The zero-order valence-electron chi connectivity index (χ0n) is 17.6. The number of rotatable bonds is 6. The number of benzene rings is 1. The zero-order valence-corrected chi connectivity index (χ0v) is 18.4. The first-order chi connectivity index (χ1) is 14.7. The molecule has 3 aliphatic rings. The van der Waals surface area contributed by atoms with Crippen LogP contribution >= 0.6 is 11.6 Å². The Kier molecular flexibility index (Phi) is 5.64. The van der Waals surface area contributed by atoms with E-state index in [4.69, 9.17) is 16.3 Å². The Hall–Kier alpha value is -2.67. The van der Waals surface area contributed by atoms with Crippen LogP contribution in [0.25, 0.3) is 0 Å². The van der Waals surface area contributed by atoms with E-state index in [0.29, 0.717) is 10.7 Å². The van der Waals surface area contributed by atoms with Crippen molar-refractivity contribution >= 4 is 41.0 Å². The van der Waals surface area contributed by atoms with Crippen LogP contribution in [-0.2, 0) is 23.9 Å². The molecule has 2 aliphatic carbocycles. The van der Waals surface area contributed by atoms with Gasteiger partial charge in [-0.15, -0.1) is 0 Å². The Balaban J connectivity index is 1.41. The molecule has 5 atom stereocenters. The molecular weight excluding hydrogens is 420 g/mol. The van der Waals surface area contributed by atoms with Crippen LogP contribution in [-0.4, -0.2) is 41.2 Å². The number of nitrogens with one attached hydrogen (secondary N) is 1. The average molecular weight is 445 g/mol. The Morgan fingerprint density at radius 2 is 1.77 bits per heavy atom. The summed E-state index contributed by atoms with van der Waals surface area (Å²) in [5.41, 5.74) is 1.36. The zero-order chi connectivity index (χ0) is 22.4. The van der Waals surface area contributed by atoms with Crippen molar-refractivity contribution in [3.63, 3.8) is 0 Å². The molecule has 1 aromatic carbocycles. The van der Waals surface area contributed by atoms with Gasteiger partial charge in [0.25, 0.3) is 5.91 Å². The van der Waals surface area contributed by atoms with Gasteiger partial charge < -0.3 is 10.1 Å². The number of hydrogen-bond acceptors (Lipinski definition) is 5. The molecule has 4 rings (SSSR count). The van der Waals surface area contributed by atoms with Crippen LogP contribution in [0.4, 0.5) is 5.69 Å². The first-order valence-electron chi connectivity index (χ1n) is 10.5. The Bertz CT molecular complexity index is 958. The maximum Gasteiger partial charge on any atom is 0.330 e. The Morgan fingerprint density at radius 3 is 2.32 bits per heavy atom. The van der Waals surface area contributed by atoms with Gasteiger partial charge in [-0.3, -0.25) is 19.3 Å². The number of amides is 3. The summed E-state index contributed by atoms with van der Waals surface area (Å²) in [6, 6.07) is 4.02. The minimum Gasteiger partial charge on any atom is -0.454 e. The lowest BCUT2D eigenvalue weighted by Crippen LogP contribution is -2.50. The number of nitrogens with zero attached hydrogens (tertiary/aromatic N) is 1. The molecule has 164 valence electrons. The highest BCUT2D eigenvalue weighted by atomic mass is 35.5. The van der Waals surface area contributed by atoms with Crippen LogP contribution in [0.2, 0.25) is 5.02 Å². The second-order valence-corrected chi connectivity index (χ2v) is 9.26. The molecule has 1 saturated carbocycles. The summed E-state index contributed by atoms with van der Waals surface area (Å²) in [7, 11) is 0. The molecule has 2 fully saturated rings. The van der Waals surface area contributed by atoms with E-state index >= 15 is 0 Å². The van der Waals surface area contributed by atoms with Crippen molar-refractivity contribution in [3.8, 4) is 0 Å². The number of imide groups is 1. The fraction of sp³-hybridized carbons (Fsp3) is 0.478. The lowest BCUT2D eigenvalue weighted by Gasteiger charge is -2.28. The molecule has 0 spiro atoms. The van der Waals surface area contributed by atoms with Crippen molar-refractivity contribution in [1.82, 2.24) is 4.90 Å². The fourth-order valence-corrected chi connectivity index (χ4v) is 5.15. The number of anilines is 1. The lowest BCUT2D eigenvalue weighted by molar-refractivity contribution is -0.162. The van der Waals surface area contributed by atoms with Crippen LogP contribution in [0, 0.1) is 36.5 Å². The molecule has 7 nitrogen and oxygen atoms in total. The molecule has 1 N–H and O–H groups in total. The standard InChI is InChI=1S/C23H25ClN2O5/c1-11(2)20(26-21(28)18-13-5-6-14(8-13)19(18)22(26)29)23(30)31-10-17(27)25-15-7-4-12(3)16(24)9-15/h4-7,9,11,13-14,18-20H,8,10H2,1-3H3,(H,25,27)/t13-,14-,18-,19-,20-/m0/s1.